The van der Waals surface area contributed by atoms with Crippen LogP contribution in [0.3, 0.4) is 0 Å². The molecule has 2 heterocycles. The maximum absolute atomic E-state index is 13.7. The maximum Gasteiger partial charge on any atom is 0.310 e. The van der Waals surface area contributed by atoms with Gasteiger partial charge in [-0.15, -0.1) is 0 Å². The molecule has 9 nitrogen and oxygen atoms in total. The van der Waals surface area contributed by atoms with Crippen molar-refractivity contribution >= 4 is 23.2 Å². The summed E-state index contributed by atoms with van der Waals surface area (Å²) in [4.78, 5) is 43.4. The molecule has 2 atom stereocenters. The number of nitro benzene ring substituents is 1. The summed E-state index contributed by atoms with van der Waals surface area (Å²) < 4.78 is 5.52. The van der Waals surface area contributed by atoms with Crippen LogP contribution in [0, 0.1) is 28.4 Å². The van der Waals surface area contributed by atoms with Crippen LogP contribution < -0.4 is 9.64 Å². The fourth-order valence-electron chi connectivity index (χ4n) is 5.32. The molecule has 2 unspecified atom stereocenters. The smallest absolute Gasteiger partial charge is 0.310 e. The highest BCUT2D eigenvalue weighted by Gasteiger charge is 2.44. The van der Waals surface area contributed by atoms with Gasteiger partial charge in [-0.05, 0) is 49.4 Å². The predicted octanol–water partition coefficient (Wildman–Crippen LogP) is 3.89. The Morgan fingerprint density at radius 3 is 2.51 bits per heavy atom. The first-order valence-electron chi connectivity index (χ1n) is 12.8. The number of carbonyl (C=O) groups excluding carboxylic acids is 2. The molecule has 2 aromatic rings. The lowest BCUT2D eigenvalue weighted by molar-refractivity contribution is -0.385. The highest BCUT2D eigenvalue weighted by Crippen LogP contribution is 2.37. The SMILES string of the molecule is Cc1cccc(N2CCN(C(=O)C3CN(C(=O)COc4ccccc4[N+](=O)[O-])CCC3(C)C)CC2C)c1. The van der Waals surface area contributed by atoms with E-state index in [9.17, 15) is 19.7 Å². The number of nitro groups is 1. The van der Waals surface area contributed by atoms with Crippen molar-refractivity contribution in [2.24, 2.45) is 11.3 Å². The molecule has 9 heteroatoms. The van der Waals surface area contributed by atoms with E-state index in [4.69, 9.17) is 4.74 Å². The first-order chi connectivity index (χ1) is 17.6. The van der Waals surface area contributed by atoms with Crippen LogP contribution in [-0.4, -0.2) is 71.9 Å². The molecule has 37 heavy (non-hydrogen) atoms. The van der Waals surface area contributed by atoms with Crippen LogP contribution in [0.15, 0.2) is 48.5 Å². The number of nitrogens with zero attached hydrogens (tertiary/aromatic N) is 4. The third-order valence-corrected chi connectivity index (χ3v) is 7.71. The number of hydrogen-bond donors (Lipinski definition) is 0. The predicted molar refractivity (Wildman–Crippen MR) is 142 cm³/mol. The molecule has 2 saturated heterocycles. The van der Waals surface area contributed by atoms with Gasteiger partial charge in [-0.2, -0.15) is 0 Å². The number of ether oxygens (including phenoxy) is 1. The van der Waals surface area contributed by atoms with Crippen molar-refractivity contribution in [2.45, 2.75) is 40.2 Å². The molecule has 0 bridgehead atoms. The average Bonchev–Trinajstić information content (AvgIpc) is 2.86. The number of carbonyl (C=O) groups is 2. The summed E-state index contributed by atoms with van der Waals surface area (Å²) in [5.41, 5.74) is 1.96. The number of anilines is 1. The lowest BCUT2D eigenvalue weighted by atomic mass is 9.72. The largest absolute Gasteiger partial charge is 0.477 e. The Balaban J connectivity index is 1.39. The zero-order valence-electron chi connectivity index (χ0n) is 22.1. The number of piperazine rings is 1. The lowest BCUT2D eigenvalue weighted by Crippen LogP contribution is -2.59. The van der Waals surface area contributed by atoms with Crippen LogP contribution in [-0.2, 0) is 9.59 Å². The van der Waals surface area contributed by atoms with Crippen LogP contribution >= 0.6 is 0 Å². The van der Waals surface area contributed by atoms with Crippen molar-refractivity contribution in [1.29, 1.82) is 0 Å². The second-order valence-electron chi connectivity index (χ2n) is 10.8. The van der Waals surface area contributed by atoms with Gasteiger partial charge < -0.3 is 19.4 Å². The van der Waals surface area contributed by atoms with Gasteiger partial charge in [-0.25, -0.2) is 0 Å². The van der Waals surface area contributed by atoms with Crippen LogP contribution in [0.5, 0.6) is 5.75 Å². The Kier molecular flexibility index (Phi) is 7.71. The van der Waals surface area contributed by atoms with E-state index in [0.29, 0.717) is 32.6 Å². The van der Waals surface area contributed by atoms with Crippen molar-refractivity contribution in [3.05, 3.63) is 64.2 Å². The van der Waals surface area contributed by atoms with Gasteiger partial charge >= 0.3 is 5.69 Å². The van der Waals surface area contributed by atoms with E-state index >= 15 is 0 Å². The zero-order chi connectivity index (χ0) is 26.7. The van der Waals surface area contributed by atoms with Crippen LogP contribution in [0.2, 0.25) is 0 Å². The van der Waals surface area contributed by atoms with Gasteiger partial charge in [0, 0.05) is 50.5 Å². The van der Waals surface area contributed by atoms with Gasteiger partial charge in [0.1, 0.15) is 0 Å². The number of rotatable bonds is 6. The molecule has 0 radical (unpaired) electrons. The molecule has 2 amide bonds. The molecule has 0 spiro atoms. The van der Waals surface area contributed by atoms with Crippen LogP contribution in [0.4, 0.5) is 11.4 Å². The van der Waals surface area contributed by atoms with E-state index < -0.39 is 4.92 Å². The summed E-state index contributed by atoms with van der Waals surface area (Å²) in [6.45, 7) is 11.0. The summed E-state index contributed by atoms with van der Waals surface area (Å²) in [6, 6.07) is 14.6. The van der Waals surface area contributed by atoms with Gasteiger partial charge in [-0.3, -0.25) is 19.7 Å². The summed E-state index contributed by atoms with van der Waals surface area (Å²) in [7, 11) is 0. The summed E-state index contributed by atoms with van der Waals surface area (Å²) >= 11 is 0. The van der Waals surface area contributed by atoms with Gasteiger partial charge in [0.2, 0.25) is 5.91 Å². The number of piperidine rings is 1. The third kappa shape index (κ3) is 5.87. The second-order valence-corrected chi connectivity index (χ2v) is 10.8. The standard InChI is InChI=1S/C28H36N4O5/c1-20-8-7-9-22(16-20)31-15-14-30(17-21(31)2)27(34)23-18-29(13-12-28(23,3)4)26(33)19-37-25-11-6-5-10-24(25)32(35)36/h5-11,16,21,23H,12-15,17-19H2,1-4H3. The Morgan fingerprint density at radius 1 is 1.05 bits per heavy atom. The first-order valence-corrected chi connectivity index (χ1v) is 12.8. The lowest BCUT2D eigenvalue weighted by Gasteiger charge is -2.47. The summed E-state index contributed by atoms with van der Waals surface area (Å²) in [6.07, 6.45) is 0.694. The highest BCUT2D eigenvalue weighted by molar-refractivity contribution is 5.83. The molecule has 2 aliphatic heterocycles. The number of amides is 2. The Hall–Kier alpha value is -3.62. The molecule has 2 aliphatic rings. The topological polar surface area (TPSA) is 96.2 Å². The fraction of sp³-hybridized carbons (Fsp3) is 0.500. The van der Waals surface area contributed by atoms with E-state index in [0.717, 1.165) is 6.54 Å². The van der Waals surface area contributed by atoms with Gasteiger partial charge in [0.05, 0.1) is 10.8 Å². The second kappa shape index (κ2) is 10.8. The Labute approximate surface area is 218 Å². The monoisotopic (exact) mass is 508 g/mol. The molecule has 0 N–H and O–H groups in total. The summed E-state index contributed by atoms with van der Waals surface area (Å²) in [5.74, 6) is -0.456. The van der Waals surface area contributed by atoms with Crippen molar-refractivity contribution < 1.29 is 19.2 Å². The fourth-order valence-corrected chi connectivity index (χ4v) is 5.32. The van der Waals surface area contributed by atoms with E-state index in [1.807, 2.05) is 4.90 Å². The molecule has 0 aromatic heterocycles. The molecule has 2 fully saturated rings. The molecule has 0 saturated carbocycles. The molecular formula is C28H36N4O5. The minimum Gasteiger partial charge on any atom is -0.477 e. The number of benzene rings is 2. The molecule has 2 aromatic carbocycles. The zero-order valence-corrected chi connectivity index (χ0v) is 22.1. The van der Waals surface area contributed by atoms with Crippen LogP contribution in [0.1, 0.15) is 32.8 Å². The molecular weight excluding hydrogens is 472 g/mol. The molecule has 198 valence electrons. The minimum atomic E-state index is -0.530. The first kappa shape index (κ1) is 26.4. The number of aryl methyl sites for hydroxylation is 1. The Morgan fingerprint density at radius 2 is 1.81 bits per heavy atom. The van der Waals surface area contributed by atoms with Gasteiger partial charge in [0.15, 0.2) is 12.4 Å². The number of likely N-dealkylation sites (tertiary alicyclic amines) is 1. The van der Waals surface area contributed by atoms with Crippen molar-refractivity contribution in [3.8, 4) is 5.75 Å². The minimum absolute atomic E-state index is 0.0614. The van der Waals surface area contributed by atoms with E-state index in [1.54, 1.807) is 17.0 Å². The molecule has 4 rings (SSSR count). The Bertz CT molecular complexity index is 1170. The van der Waals surface area contributed by atoms with Crippen molar-refractivity contribution in [2.75, 3.05) is 44.2 Å². The van der Waals surface area contributed by atoms with E-state index in [2.05, 4.69) is 56.9 Å². The average molecular weight is 509 g/mol. The number of hydrogen-bond acceptors (Lipinski definition) is 6. The van der Waals surface area contributed by atoms with Crippen molar-refractivity contribution in [3.63, 3.8) is 0 Å². The van der Waals surface area contributed by atoms with Gasteiger partial charge in [-0.1, -0.05) is 38.1 Å². The van der Waals surface area contributed by atoms with Crippen LogP contribution in [0.25, 0.3) is 0 Å². The number of para-hydroxylation sites is 2. The van der Waals surface area contributed by atoms with E-state index in [1.165, 1.54) is 23.4 Å². The highest BCUT2D eigenvalue weighted by atomic mass is 16.6. The third-order valence-electron chi connectivity index (χ3n) is 7.71. The van der Waals surface area contributed by atoms with E-state index in [-0.39, 0.29) is 47.2 Å². The van der Waals surface area contributed by atoms with Crippen molar-refractivity contribution in [1.82, 2.24) is 9.80 Å². The quantitative estimate of drug-likeness (QED) is 0.434. The molecule has 0 aliphatic carbocycles. The van der Waals surface area contributed by atoms with Gasteiger partial charge in [0.25, 0.3) is 5.91 Å². The normalized spacial score (nSPS) is 21.5. The maximum atomic E-state index is 13.7. The summed E-state index contributed by atoms with van der Waals surface area (Å²) in [5, 5.41) is 11.2.